The Balaban J connectivity index is 5.26. The summed E-state index contributed by atoms with van der Waals surface area (Å²) in [5.74, 6) is 0.0512. The predicted octanol–water partition coefficient (Wildman–Crippen LogP) is 18.3. The maximum absolute atomic E-state index is 13.0. The fraction of sp³-hybridized carbons (Fsp3) is 0.939. The summed E-state index contributed by atoms with van der Waals surface area (Å²) in [6, 6.07) is 0. The monoisotopic (exact) mass is 1250 g/mol. The molecule has 0 saturated carbocycles. The molecule has 17 nitrogen and oxygen atoms in total. The summed E-state index contributed by atoms with van der Waals surface area (Å²) < 4.78 is 68.1. The van der Waals surface area contributed by atoms with Gasteiger partial charge in [-0.1, -0.05) is 273 Å². The Morgan fingerprint density at radius 1 is 0.341 bits per heavy atom. The molecule has 0 spiro atoms. The van der Waals surface area contributed by atoms with Gasteiger partial charge in [0.1, 0.15) is 19.3 Å². The highest BCUT2D eigenvalue weighted by Crippen LogP contribution is 2.45. The molecule has 0 aliphatic heterocycles. The van der Waals surface area contributed by atoms with Gasteiger partial charge in [0.05, 0.1) is 26.4 Å². The van der Waals surface area contributed by atoms with Gasteiger partial charge in [0.2, 0.25) is 0 Å². The van der Waals surface area contributed by atoms with Crippen molar-refractivity contribution in [3.8, 4) is 0 Å². The molecule has 0 heterocycles. The van der Waals surface area contributed by atoms with Crippen molar-refractivity contribution in [2.45, 2.75) is 343 Å². The number of carbonyl (C=O) groups is 4. The third-order valence-electron chi connectivity index (χ3n) is 15.5. The van der Waals surface area contributed by atoms with Crippen molar-refractivity contribution >= 4 is 39.5 Å². The molecule has 504 valence electrons. The van der Waals surface area contributed by atoms with E-state index in [4.69, 9.17) is 37.0 Å². The highest BCUT2D eigenvalue weighted by atomic mass is 31.2. The number of ether oxygens (including phenoxy) is 4. The number of aliphatic hydroxyl groups is 1. The van der Waals surface area contributed by atoms with E-state index in [0.717, 1.165) is 114 Å². The van der Waals surface area contributed by atoms with Gasteiger partial charge >= 0.3 is 39.5 Å². The number of hydrogen-bond acceptors (Lipinski definition) is 15. The molecule has 0 saturated heterocycles. The number of unbranched alkanes of at least 4 members (excludes halogenated alkanes) is 31. The Kier molecular flexibility index (Phi) is 55.9. The fourth-order valence-electron chi connectivity index (χ4n) is 9.80. The second-order valence-corrected chi connectivity index (χ2v) is 28.0. The number of esters is 4. The van der Waals surface area contributed by atoms with Crippen LogP contribution in [0.3, 0.4) is 0 Å². The summed E-state index contributed by atoms with van der Waals surface area (Å²) in [7, 11) is -9.89. The SMILES string of the molecule is CCCCCCCCCCCCCCC(=O)OC[C@H](COP(=O)(O)OC[C@@H](O)COP(=O)(O)OC[C@@H](COC(=O)CCCCCCCCC(C)CC)OC(=O)CCCCCCCCCCC(C)C)OC(=O)CCCCCCCCCCCC(C)C. The Morgan fingerprint density at radius 2 is 0.600 bits per heavy atom. The van der Waals surface area contributed by atoms with Crippen LogP contribution < -0.4 is 0 Å². The molecule has 0 amide bonds. The number of carbonyl (C=O) groups excluding carboxylic acids is 4. The zero-order valence-corrected chi connectivity index (χ0v) is 56.9. The van der Waals surface area contributed by atoms with Crippen LogP contribution in [0.25, 0.3) is 0 Å². The Hall–Kier alpha value is -1.94. The molecule has 0 aromatic carbocycles. The van der Waals surface area contributed by atoms with Gasteiger partial charge in [0, 0.05) is 25.7 Å². The zero-order chi connectivity index (χ0) is 63.1. The molecule has 0 bridgehead atoms. The first-order chi connectivity index (χ1) is 40.8. The van der Waals surface area contributed by atoms with E-state index >= 15 is 0 Å². The van der Waals surface area contributed by atoms with E-state index in [0.29, 0.717) is 25.7 Å². The predicted molar refractivity (Wildman–Crippen MR) is 340 cm³/mol. The van der Waals surface area contributed by atoms with Gasteiger partial charge in [-0.25, -0.2) is 9.13 Å². The molecule has 0 aromatic heterocycles. The zero-order valence-electron chi connectivity index (χ0n) is 55.1. The lowest BCUT2D eigenvalue weighted by molar-refractivity contribution is -0.161. The third kappa shape index (κ3) is 59.5. The van der Waals surface area contributed by atoms with E-state index in [1.54, 1.807) is 0 Å². The highest BCUT2D eigenvalue weighted by Gasteiger charge is 2.30. The summed E-state index contributed by atoms with van der Waals surface area (Å²) >= 11 is 0. The van der Waals surface area contributed by atoms with Crippen molar-refractivity contribution in [3.05, 3.63) is 0 Å². The van der Waals surface area contributed by atoms with Crippen LogP contribution in [0.5, 0.6) is 0 Å². The van der Waals surface area contributed by atoms with Crippen molar-refractivity contribution in [3.63, 3.8) is 0 Å². The van der Waals surface area contributed by atoms with E-state index in [1.807, 2.05) is 0 Å². The van der Waals surface area contributed by atoms with Crippen LogP contribution in [0, 0.1) is 17.8 Å². The fourth-order valence-corrected chi connectivity index (χ4v) is 11.4. The lowest BCUT2D eigenvalue weighted by Gasteiger charge is -2.21. The van der Waals surface area contributed by atoms with Gasteiger partial charge in [-0.15, -0.1) is 0 Å². The van der Waals surface area contributed by atoms with E-state index in [9.17, 15) is 43.2 Å². The van der Waals surface area contributed by atoms with Gasteiger partial charge in [-0.05, 0) is 43.4 Å². The first-order valence-electron chi connectivity index (χ1n) is 34.4. The average molecular weight is 1260 g/mol. The molecule has 0 radical (unpaired) electrons. The van der Waals surface area contributed by atoms with Crippen LogP contribution in [0.1, 0.15) is 325 Å². The molecule has 85 heavy (non-hydrogen) atoms. The van der Waals surface area contributed by atoms with E-state index < -0.39 is 97.5 Å². The highest BCUT2D eigenvalue weighted by molar-refractivity contribution is 7.47. The maximum atomic E-state index is 13.0. The molecule has 3 unspecified atom stereocenters. The Labute approximate surface area is 517 Å². The van der Waals surface area contributed by atoms with Gasteiger partial charge in [-0.2, -0.15) is 0 Å². The average Bonchev–Trinajstić information content (AvgIpc) is 3.47. The summed E-state index contributed by atoms with van der Waals surface area (Å²) in [6.45, 7) is 11.7. The molecular weight excluding hydrogens is 1130 g/mol. The minimum atomic E-state index is -4.95. The lowest BCUT2D eigenvalue weighted by atomic mass is 10.00. The van der Waals surface area contributed by atoms with Crippen molar-refractivity contribution in [2.24, 2.45) is 17.8 Å². The first kappa shape index (κ1) is 83.1. The summed E-state index contributed by atoms with van der Waals surface area (Å²) in [5, 5.41) is 10.6. The van der Waals surface area contributed by atoms with Crippen LogP contribution in [0.15, 0.2) is 0 Å². The van der Waals surface area contributed by atoms with E-state index in [-0.39, 0.29) is 25.7 Å². The molecule has 0 aliphatic carbocycles. The number of aliphatic hydroxyl groups excluding tert-OH is 1. The van der Waals surface area contributed by atoms with Crippen molar-refractivity contribution in [1.29, 1.82) is 0 Å². The number of hydrogen-bond donors (Lipinski definition) is 3. The Morgan fingerprint density at radius 3 is 0.894 bits per heavy atom. The second kappa shape index (κ2) is 57.2. The van der Waals surface area contributed by atoms with E-state index in [2.05, 4.69) is 48.5 Å². The second-order valence-electron chi connectivity index (χ2n) is 25.1. The van der Waals surface area contributed by atoms with Crippen molar-refractivity contribution in [1.82, 2.24) is 0 Å². The molecule has 3 N–H and O–H groups in total. The summed E-state index contributed by atoms with van der Waals surface area (Å²) in [4.78, 5) is 72.3. The smallest absolute Gasteiger partial charge is 0.462 e. The van der Waals surface area contributed by atoms with Crippen molar-refractivity contribution < 1.29 is 80.2 Å². The lowest BCUT2D eigenvalue weighted by Crippen LogP contribution is -2.30. The van der Waals surface area contributed by atoms with Crippen LogP contribution in [0.2, 0.25) is 0 Å². The number of phosphoric acid groups is 2. The van der Waals surface area contributed by atoms with Crippen LogP contribution in [-0.4, -0.2) is 96.7 Å². The standard InChI is InChI=1S/C66H128O17P2/c1-8-10-11-12-13-14-15-16-19-25-33-40-47-63(68)76-53-61(82-65(70)49-42-35-26-20-17-18-23-30-37-44-57(3)4)55-80-84(72,73)78-51-60(67)52-79-85(74,75)81-56-62(54-77-64(69)48-41-34-29-28-32-39-46-59(7)9-2)83-66(71)50-43-36-27-22-21-24-31-38-45-58(5)6/h57-62,67H,8-56H2,1-7H3,(H,72,73)(H,74,75)/t59?,60-,61-,62-/m1/s1. The largest absolute Gasteiger partial charge is 0.472 e. The maximum Gasteiger partial charge on any atom is 0.472 e. The third-order valence-corrected chi connectivity index (χ3v) is 17.4. The minimum Gasteiger partial charge on any atom is -0.462 e. The number of rotatable bonds is 64. The van der Waals surface area contributed by atoms with Gasteiger partial charge < -0.3 is 33.8 Å². The summed E-state index contributed by atoms with van der Waals surface area (Å²) in [5.41, 5.74) is 0. The first-order valence-corrected chi connectivity index (χ1v) is 37.4. The van der Waals surface area contributed by atoms with E-state index in [1.165, 1.54) is 128 Å². The molecular formula is C66H128O17P2. The van der Waals surface area contributed by atoms with Crippen LogP contribution in [0.4, 0.5) is 0 Å². The molecule has 0 aliphatic rings. The van der Waals surface area contributed by atoms with Crippen molar-refractivity contribution in [2.75, 3.05) is 39.6 Å². The molecule has 0 aromatic rings. The van der Waals surface area contributed by atoms with Gasteiger partial charge in [0.25, 0.3) is 0 Å². The van der Waals surface area contributed by atoms with Crippen LogP contribution in [-0.2, 0) is 65.4 Å². The summed E-state index contributed by atoms with van der Waals surface area (Å²) in [6.07, 6.45) is 38.9. The quantitative estimate of drug-likeness (QED) is 0.0222. The van der Waals surface area contributed by atoms with Crippen LogP contribution >= 0.6 is 15.6 Å². The molecule has 19 heteroatoms. The Bertz CT molecular complexity index is 1680. The van der Waals surface area contributed by atoms with Gasteiger partial charge in [0.15, 0.2) is 12.2 Å². The molecule has 0 rings (SSSR count). The topological polar surface area (TPSA) is 237 Å². The minimum absolute atomic E-state index is 0.103. The molecule has 6 atom stereocenters. The number of phosphoric ester groups is 2. The molecule has 0 fully saturated rings. The van der Waals surface area contributed by atoms with Gasteiger partial charge in [-0.3, -0.25) is 37.3 Å². The normalized spacial score (nSPS) is 14.6.